The van der Waals surface area contributed by atoms with Crippen molar-refractivity contribution in [2.24, 2.45) is 7.05 Å². The normalized spacial score (nSPS) is 10.4. The standard InChI is InChI=1S/C22H20BrNO3/c1-15-10-16(2)12-19(11-15)26-8-4-5-9-27-21-14-17-13-18(23)6-7-20(17)24(3)22(21)25/h6-7,10-14H,8-9H2,1-3H3. The first-order chi connectivity index (χ1) is 12.9. The molecule has 0 bridgehead atoms. The van der Waals surface area contributed by atoms with Crippen LogP contribution in [0.5, 0.6) is 11.5 Å². The molecule has 0 saturated carbocycles. The van der Waals surface area contributed by atoms with E-state index in [2.05, 4.69) is 33.8 Å². The molecule has 0 amide bonds. The van der Waals surface area contributed by atoms with E-state index in [0.717, 1.165) is 32.3 Å². The predicted molar refractivity (Wildman–Crippen MR) is 112 cm³/mol. The van der Waals surface area contributed by atoms with E-state index in [-0.39, 0.29) is 24.5 Å². The van der Waals surface area contributed by atoms with E-state index >= 15 is 0 Å². The van der Waals surface area contributed by atoms with E-state index in [1.54, 1.807) is 17.7 Å². The summed E-state index contributed by atoms with van der Waals surface area (Å²) in [6.45, 7) is 4.46. The maximum Gasteiger partial charge on any atom is 0.293 e. The maximum absolute atomic E-state index is 12.4. The van der Waals surface area contributed by atoms with Crippen molar-refractivity contribution in [1.29, 1.82) is 0 Å². The fourth-order valence-corrected chi connectivity index (χ4v) is 3.26. The number of hydrogen-bond donors (Lipinski definition) is 0. The highest BCUT2D eigenvalue weighted by atomic mass is 79.9. The summed E-state index contributed by atoms with van der Waals surface area (Å²) >= 11 is 3.44. The molecule has 3 aromatic rings. The molecule has 2 aromatic carbocycles. The van der Waals surface area contributed by atoms with Gasteiger partial charge in [-0.25, -0.2) is 0 Å². The smallest absolute Gasteiger partial charge is 0.293 e. The number of ether oxygens (including phenoxy) is 2. The van der Waals surface area contributed by atoms with Gasteiger partial charge in [0.2, 0.25) is 0 Å². The van der Waals surface area contributed by atoms with Crippen LogP contribution < -0.4 is 15.0 Å². The van der Waals surface area contributed by atoms with Crippen molar-refractivity contribution in [1.82, 2.24) is 4.57 Å². The molecular formula is C22H20BrNO3. The minimum Gasteiger partial charge on any atom is -0.481 e. The van der Waals surface area contributed by atoms with Crippen molar-refractivity contribution >= 4 is 26.8 Å². The van der Waals surface area contributed by atoms with Crippen LogP contribution in [0.25, 0.3) is 10.9 Å². The average Bonchev–Trinajstić information content (AvgIpc) is 2.61. The first kappa shape index (κ1) is 19.1. The lowest BCUT2D eigenvalue weighted by molar-refractivity contribution is 0.358. The SMILES string of the molecule is Cc1cc(C)cc(OCC#CCOc2cc3cc(Br)ccc3n(C)c2=O)c1. The molecule has 0 N–H and O–H groups in total. The van der Waals surface area contributed by atoms with Crippen molar-refractivity contribution < 1.29 is 9.47 Å². The highest BCUT2D eigenvalue weighted by molar-refractivity contribution is 9.10. The van der Waals surface area contributed by atoms with Gasteiger partial charge in [-0.05, 0) is 61.4 Å². The van der Waals surface area contributed by atoms with Gasteiger partial charge >= 0.3 is 0 Å². The lowest BCUT2D eigenvalue weighted by Crippen LogP contribution is -2.19. The molecule has 138 valence electrons. The van der Waals surface area contributed by atoms with Gasteiger partial charge in [0, 0.05) is 16.9 Å². The molecule has 27 heavy (non-hydrogen) atoms. The number of aryl methyl sites for hydroxylation is 3. The average molecular weight is 426 g/mol. The van der Waals surface area contributed by atoms with Crippen LogP contribution in [0.3, 0.4) is 0 Å². The third-order valence-corrected chi connectivity index (χ3v) is 4.58. The van der Waals surface area contributed by atoms with E-state index in [4.69, 9.17) is 9.47 Å². The highest BCUT2D eigenvalue weighted by Crippen LogP contribution is 2.21. The number of pyridine rings is 1. The maximum atomic E-state index is 12.4. The van der Waals surface area contributed by atoms with Crippen molar-refractivity contribution in [3.05, 3.63) is 68.4 Å². The lowest BCUT2D eigenvalue weighted by atomic mass is 10.1. The molecule has 3 rings (SSSR count). The number of halogens is 1. The predicted octanol–water partition coefficient (Wildman–Crippen LogP) is 4.38. The zero-order valence-electron chi connectivity index (χ0n) is 15.5. The first-order valence-electron chi connectivity index (χ1n) is 8.53. The van der Waals surface area contributed by atoms with E-state index in [1.165, 1.54) is 0 Å². The molecular weight excluding hydrogens is 406 g/mol. The second-order valence-electron chi connectivity index (χ2n) is 6.33. The van der Waals surface area contributed by atoms with E-state index in [1.807, 2.05) is 44.2 Å². The fourth-order valence-electron chi connectivity index (χ4n) is 2.88. The van der Waals surface area contributed by atoms with Gasteiger partial charge in [-0.3, -0.25) is 4.79 Å². The summed E-state index contributed by atoms with van der Waals surface area (Å²) in [7, 11) is 1.73. The van der Waals surface area contributed by atoms with Crippen molar-refractivity contribution in [2.75, 3.05) is 13.2 Å². The monoisotopic (exact) mass is 425 g/mol. The third kappa shape index (κ3) is 4.72. The Balaban J connectivity index is 1.63. The Hall–Kier alpha value is -2.71. The summed E-state index contributed by atoms with van der Waals surface area (Å²) < 4.78 is 13.7. The summed E-state index contributed by atoms with van der Waals surface area (Å²) in [5.74, 6) is 6.88. The number of fused-ring (bicyclic) bond motifs is 1. The number of aromatic nitrogens is 1. The number of nitrogens with zero attached hydrogens (tertiary/aromatic N) is 1. The van der Waals surface area contributed by atoms with Crippen LogP contribution in [0.1, 0.15) is 11.1 Å². The molecule has 0 aliphatic rings. The van der Waals surface area contributed by atoms with Crippen molar-refractivity contribution in [3.63, 3.8) is 0 Å². The molecule has 0 aliphatic heterocycles. The van der Waals surface area contributed by atoms with Gasteiger partial charge in [0.25, 0.3) is 5.56 Å². The summed E-state index contributed by atoms with van der Waals surface area (Å²) in [6, 6.07) is 13.5. The second-order valence-corrected chi connectivity index (χ2v) is 7.25. The Bertz CT molecular complexity index is 1090. The van der Waals surface area contributed by atoms with E-state index in [9.17, 15) is 4.79 Å². The van der Waals surface area contributed by atoms with Gasteiger partial charge in [0.15, 0.2) is 5.75 Å². The molecule has 5 heteroatoms. The molecule has 0 radical (unpaired) electrons. The molecule has 1 aromatic heterocycles. The molecule has 0 fully saturated rings. The largest absolute Gasteiger partial charge is 0.481 e. The Kier molecular flexibility index (Phi) is 5.88. The van der Waals surface area contributed by atoms with Gasteiger partial charge in [-0.2, -0.15) is 0 Å². The minimum atomic E-state index is -0.182. The Morgan fingerprint density at radius 1 is 0.963 bits per heavy atom. The zero-order chi connectivity index (χ0) is 19.4. The van der Waals surface area contributed by atoms with E-state index in [0.29, 0.717) is 0 Å². The fraction of sp³-hybridized carbons (Fsp3) is 0.227. The van der Waals surface area contributed by atoms with Gasteiger partial charge in [-0.15, -0.1) is 0 Å². The van der Waals surface area contributed by atoms with Crippen LogP contribution in [0.15, 0.2) is 51.7 Å². The van der Waals surface area contributed by atoms with Gasteiger partial charge in [0.05, 0.1) is 5.52 Å². The van der Waals surface area contributed by atoms with Crippen LogP contribution in [0.2, 0.25) is 0 Å². The first-order valence-corrected chi connectivity index (χ1v) is 9.32. The van der Waals surface area contributed by atoms with Crippen molar-refractivity contribution in [2.45, 2.75) is 13.8 Å². The molecule has 4 nitrogen and oxygen atoms in total. The van der Waals surface area contributed by atoms with Crippen LogP contribution in [0.4, 0.5) is 0 Å². The molecule has 0 atom stereocenters. The summed E-state index contributed by atoms with van der Waals surface area (Å²) in [6.07, 6.45) is 0. The quantitative estimate of drug-likeness (QED) is 0.582. The van der Waals surface area contributed by atoms with Crippen LogP contribution >= 0.6 is 15.9 Å². The minimum absolute atomic E-state index is 0.130. The second kappa shape index (κ2) is 8.32. The zero-order valence-corrected chi connectivity index (χ0v) is 17.1. The van der Waals surface area contributed by atoms with Gasteiger partial charge < -0.3 is 14.0 Å². The van der Waals surface area contributed by atoms with Crippen LogP contribution in [-0.4, -0.2) is 17.8 Å². The molecule has 0 aliphatic carbocycles. The Labute approximate surface area is 166 Å². The van der Waals surface area contributed by atoms with Crippen LogP contribution in [-0.2, 0) is 7.05 Å². The lowest BCUT2D eigenvalue weighted by Gasteiger charge is -2.09. The Morgan fingerprint density at radius 2 is 1.63 bits per heavy atom. The van der Waals surface area contributed by atoms with Crippen LogP contribution in [0, 0.1) is 25.7 Å². The summed E-state index contributed by atoms with van der Waals surface area (Å²) in [4.78, 5) is 12.4. The molecule has 0 spiro atoms. The summed E-state index contributed by atoms with van der Waals surface area (Å²) in [5.41, 5.74) is 2.97. The van der Waals surface area contributed by atoms with Gasteiger partial charge in [-0.1, -0.05) is 33.8 Å². The third-order valence-electron chi connectivity index (χ3n) is 4.08. The van der Waals surface area contributed by atoms with Crippen molar-refractivity contribution in [3.8, 4) is 23.3 Å². The van der Waals surface area contributed by atoms with E-state index < -0.39 is 0 Å². The number of hydrogen-bond acceptors (Lipinski definition) is 3. The number of rotatable bonds is 4. The molecule has 1 heterocycles. The molecule has 0 saturated heterocycles. The summed E-state index contributed by atoms with van der Waals surface area (Å²) in [5, 5.41) is 0.924. The number of benzene rings is 2. The molecule has 0 unspecified atom stereocenters. The highest BCUT2D eigenvalue weighted by Gasteiger charge is 2.07. The van der Waals surface area contributed by atoms with Gasteiger partial charge in [0.1, 0.15) is 19.0 Å². The topological polar surface area (TPSA) is 40.5 Å². The Morgan fingerprint density at radius 3 is 2.33 bits per heavy atom.